The van der Waals surface area contributed by atoms with Gasteiger partial charge in [-0.1, -0.05) is 0 Å². The second kappa shape index (κ2) is 7.66. The molecular weight excluding hydrogens is 256 g/mol. The Balaban J connectivity index is 2.29. The zero-order chi connectivity index (χ0) is 13.4. The van der Waals surface area contributed by atoms with Crippen molar-refractivity contribution in [2.24, 2.45) is 0 Å². The molecule has 0 unspecified atom stereocenters. The first kappa shape index (κ1) is 15.3. The molecule has 0 aromatic rings. The van der Waals surface area contributed by atoms with Crippen LogP contribution in [0.4, 0.5) is 0 Å². The Morgan fingerprint density at radius 1 is 1.44 bits per heavy atom. The maximum absolute atomic E-state index is 11.6. The van der Waals surface area contributed by atoms with Gasteiger partial charge in [-0.3, -0.25) is 4.90 Å². The fraction of sp³-hybridized carbons (Fsp3) is 0.900. The Bertz CT molecular complexity index is 371. The molecule has 0 spiro atoms. The molecule has 8 heteroatoms. The summed E-state index contributed by atoms with van der Waals surface area (Å²) >= 11 is 0. The highest BCUT2D eigenvalue weighted by Crippen LogP contribution is 2.10. The Morgan fingerprint density at radius 3 is 2.67 bits per heavy atom. The van der Waals surface area contributed by atoms with E-state index in [4.69, 9.17) is 10.00 Å². The van der Waals surface area contributed by atoms with Gasteiger partial charge in [-0.15, -0.1) is 0 Å². The molecule has 0 saturated carbocycles. The van der Waals surface area contributed by atoms with Gasteiger partial charge in [-0.05, 0) is 12.8 Å². The molecule has 0 atom stereocenters. The molecule has 1 aliphatic heterocycles. The highest BCUT2D eigenvalue weighted by Gasteiger charge is 2.22. The maximum atomic E-state index is 11.6. The van der Waals surface area contributed by atoms with E-state index in [2.05, 4.69) is 15.5 Å². The lowest BCUT2D eigenvalue weighted by atomic mass is 10.1. The summed E-state index contributed by atoms with van der Waals surface area (Å²) in [6, 6.07) is 2.04. The van der Waals surface area contributed by atoms with Gasteiger partial charge in [-0.25, -0.2) is 0 Å². The predicted octanol–water partition coefficient (Wildman–Crippen LogP) is -0.955. The Kier molecular flexibility index (Phi) is 6.52. The molecule has 0 radical (unpaired) electrons. The van der Waals surface area contributed by atoms with Crippen molar-refractivity contribution in [3.8, 4) is 6.07 Å². The zero-order valence-electron chi connectivity index (χ0n) is 10.6. The first-order valence-electron chi connectivity index (χ1n) is 5.92. The topological polar surface area (TPSA) is 94.5 Å². The average Bonchev–Trinajstić information content (AvgIpc) is 2.32. The maximum Gasteiger partial charge on any atom is 0.277 e. The smallest absolute Gasteiger partial charge is 0.277 e. The van der Waals surface area contributed by atoms with Gasteiger partial charge in [0.15, 0.2) is 0 Å². The number of methoxy groups -OCH3 is 1. The summed E-state index contributed by atoms with van der Waals surface area (Å²) in [5.74, 6) is 0. The number of hydrogen-bond acceptors (Lipinski definition) is 5. The Morgan fingerprint density at radius 2 is 2.11 bits per heavy atom. The van der Waals surface area contributed by atoms with Crippen molar-refractivity contribution in [1.82, 2.24) is 14.3 Å². The summed E-state index contributed by atoms with van der Waals surface area (Å²) < 4.78 is 33.1. The Hall–Kier alpha value is -0.720. The molecule has 2 N–H and O–H groups in total. The molecule has 1 heterocycles. The van der Waals surface area contributed by atoms with Crippen molar-refractivity contribution in [2.45, 2.75) is 18.9 Å². The van der Waals surface area contributed by atoms with E-state index >= 15 is 0 Å². The lowest BCUT2D eigenvalue weighted by Crippen LogP contribution is -2.48. The molecule has 18 heavy (non-hydrogen) atoms. The molecule has 0 aromatic heterocycles. The number of nitriles is 1. The first-order valence-corrected chi connectivity index (χ1v) is 7.41. The van der Waals surface area contributed by atoms with Crippen LogP contribution < -0.4 is 9.44 Å². The molecule has 0 aromatic carbocycles. The van der Waals surface area contributed by atoms with Crippen LogP contribution >= 0.6 is 0 Å². The molecule has 0 amide bonds. The van der Waals surface area contributed by atoms with Crippen LogP contribution in [0, 0.1) is 11.3 Å². The third-order valence-corrected chi connectivity index (χ3v) is 4.03. The molecule has 0 bridgehead atoms. The average molecular weight is 276 g/mol. The second-order valence-electron chi connectivity index (χ2n) is 4.22. The van der Waals surface area contributed by atoms with E-state index in [0.717, 1.165) is 25.9 Å². The van der Waals surface area contributed by atoms with E-state index in [1.54, 1.807) is 0 Å². The van der Waals surface area contributed by atoms with Crippen LogP contribution in [0.25, 0.3) is 0 Å². The van der Waals surface area contributed by atoms with Crippen LogP contribution in [0.5, 0.6) is 0 Å². The third-order valence-electron chi connectivity index (χ3n) is 2.80. The summed E-state index contributed by atoms with van der Waals surface area (Å²) in [6.07, 6.45) is 1.46. The number of hydrogen-bond donors (Lipinski definition) is 2. The quantitative estimate of drug-likeness (QED) is 0.461. The van der Waals surface area contributed by atoms with Crippen LogP contribution in [0.2, 0.25) is 0 Å². The fourth-order valence-electron chi connectivity index (χ4n) is 1.85. The van der Waals surface area contributed by atoms with Gasteiger partial charge in [-0.2, -0.15) is 23.1 Å². The minimum Gasteiger partial charge on any atom is -0.383 e. The van der Waals surface area contributed by atoms with E-state index in [0.29, 0.717) is 13.2 Å². The van der Waals surface area contributed by atoms with Gasteiger partial charge in [0.25, 0.3) is 10.2 Å². The van der Waals surface area contributed by atoms with E-state index in [1.165, 1.54) is 7.11 Å². The van der Waals surface area contributed by atoms with Crippen LogP contribution in [0.3, 0.4) is 0 Å². The van der Waals surface area contributed by atoms with Crippen LogP contribution in [0.15, 0.2) is 0 Å². The lowest BCUT2D eigenvalue weighted by Gasteiger charge is -2.30. The number of rotatable bonds is 7. The Labute approximate surface area is 108 Å². The number of likely N-dealkylation sites (tertiary alicyclic amines) is 1. The van der Waals surface area contributed by atoms with E-state index < -0.39 is 10.2 Å². The third kappa shape index (κ3) is 5.75. The summed E-state index contributed by atoms with van der Waals surface area (Å²) in [7, 11) is -1.93. The van der Waals surface area contributed by atoms with Crippen molar-refractivity contribution < 1.29 is 13.2 Å². The van der Waals surface area contributed by atoms with Gasteiger partial charge in [0.1, 0.15) is 0 Å². The highest BCUT2D eigenvalue weighted by atomic mass is 32.2. The van der Waals surface area contributed by atoms with Crippen LogP contribution in [0.1, 0.15) is 12.8 Å². The first-order chi connectivity index (χ1) is 8.57. The van der Waals surface area contributed by atoms with Crippen molar-refractivity contribution in [1.29, 1.82) is 5.26 Å². The van der Waals surface area contributed by atoms with Gasteiger partial charge in [0.05, 0.1) is 19.2 Å². The summed E-state index contributed by atoms with van der Waals surface area (Å²) in [5, 5.41) is 8.57. The van der Waals surface area contributed by atoms with Crippen molar-refractivity contribution in [3.05, 3.63) is 0 Å². The monoisotopic (exact) mass is 276 g/mol. The summed E-state index contributed by atoms with van der Waals surface area (Å²) in [4.78, 5) is 2.02. The fourth-order valence-corrected chi connectivity index (χ4v) is 2.96. The van der Waals surface area contributed by atoms with Gasteiger partial charge in [0.2, 0.25) is 0 Å². The standard InChI is InChI=1S/C10H20N4O3S/c1-17-9-5-12-18(15,16)13-10-2-6-14(7-3-10)8-4-11/h10,12-13H,2-3,5-9H2,1H3. The zero-order valence-corrected chi connectivity index (χ0v) is 11.4. The highest BCUT2D eigenvalue weighted by molar-refractivity contribution is 7.87. The molecule has 1 rings (SSSR count). The normalized spacial score (nSPS) is 18.7. The number of nitrogens with zero attached hydrogens (tertiary/aromatic N) is 2. The van der Waals surface area contributed by atoms with Gasteiger partial charge in [0, 0.05) is 32.8 Å². The number of ether oxygens (including phenoxy) is 1. The molecule has 1 saturated heterocycles. The SMILES string of the molecule is COCCNS(=O)(=O)NC1CCN(CC#N)CC1. The van der Waals surface area contributed by atoms with Crippen molar-refractivity contribution >= 4 is 10.2 Å². The van der Waals surface area contributed by atoms with Crippen molar-refractivity contribution in [2.75, 3.05) is 39.9 Å². The van der Waals surface area contributed by atoms with E-state index in [-0.39, 0.29) is 12.6 Å². The second-order valence-corrected chi connectivity index (χ2v) is 5.75. The minimum atomic E-state index is -3.45. The summed E-state index contributed by atoms with van der Waals surface area (Å²) in [5.41, 5.74) is 0. The molecular formula is C10H20N4O3S. The van der Waals surface area contributed by atoms with Crippen molar-refractivity contribution in [3.63, 3.8) is 0 Å². The lowest BCUT2D eigenvalue weighted by molar-refractivity contribution is 0.204. The molecule has 104 valence electrons. The molecule has 1 fully saturated rings. The van der Waals surface area contributed by atoms with Crippen LogP contribution in [-0.2, 0) is 14.9 Å². The van der Waals surface area contributed by atoms with Gasteiger partial charge >= 0.3 is 0 Å². The van der Waals surface area contributed by atoms with Crippen LogP contribution in [-0.4, -0.2) is 59.3 Å². The number of nitrogens with one attached hydrogen (secondary N) is 2. The largest absolute Gasteiger partial charge is 0.383 e. The van der Waals surface area contributed by atoms with E-state index in [1.807, 2.05) is 4.90 Å². The number of piperidine rings is 1. The summed E-state index contributed by atoms with van der Waals surface area (Å²) in [6.45, 7) is 2.52. The molecule has 0 aliphatic carbocycles. The molecule has 1 aliphatic rings. The van der Waals surface area contributed by atoms with Gasteiger partial charge < -0.3 is 4.74 Å². The van der Waals surface area contributed by atoms with E-state index in [9.17, 15) is 8.42 Å². The predicted molar refractivity (Wildman–Crippen MR) is 67.0 cm³/mol. The molecule has 7 nitrogen and oxygen atoms in total. The minimum absolute atomic E-state index is 0.0556.